The topological polar surface area (TPSA) is 87.6 Å². The fourth-order valence-electron chi connectivity index (χ4n) is 2.73. The number of aliphatic imine (C=N–C) groups is 1. The first-order chi connectivity index (χ1) is 13.0. The van der Waals surface area contributed by atoms with E-state index >= 15 is 0 Å². The molecule has 0 aliphatic carbocycles. The fourth-order valence-corrected chi connectivity index (χ4v) is 4.04. The molecule has 2 N–H and O–H groups in total. The Labute approximate surface area is 163 Å². The summed E-state index contributed by atoms with van der Waals surface area (Å²) in [5, 5.41) is 3.05. The summed E-state index contributed by atoms with van der Waals surface area (Å²) in [5.74, 6) is 0.144. The standard InChI is InChI=1S/C19H20ClN3O3S/c20-17-7-4-3-6-16(17)19(24)22-14-9-11-15(12-10-14)27(25,26)23-18-8-2-1-5-13-21-18/h3-4,6-7,9-12H,1-2,5,8,13H2,(H,21,23)(H,22,24). The number of amides is 1. The highest BCUT2D eigenvalue weighted by Crippen LogP contribution is 2.19. The Balaban J connectivity index is 1.70. The van der Waals surface area contributed by atoms with Gasteiger partial charge < -0.3 is 5.32 Å². The van der Waals surface area contributed by atoms with E-state index in [-0.39, 0.29) is 10.8 Å². The first-order valence-corrected chi connectivity index (χ1v) is 10.5. The zero-order valence-corrected chi connectivity index (χ0v) is 16.2. The van der Waals surface area contributed by atoms with Gasteiger partial charge in [-0.25, -0.2) is 8.42 Å². The number of carbonyl (C=O) groups is 1. The van der Waals surface area contributed by atoms with E-state index in [1.54, 1.807) is 24.3 Å². The zero-order chi connectivity index (χ0) is 19.3. The molecule has 0 saturated carbocycles. The SMILES string of the molecule is O=C(Nc1ccc(S(=O)(=O)NC2=NCCCCC2)cc1)c1ccccc1Cl. The van der Waals surface area contributed by atoms with Crippen LogP contribution in [0, 0.1) is 0 Å². The summed E-state index contributed by atoms with van der Waals surface area (Å²) in [5.41, 5.74) is 0.828. The molecule has 0 aromatic heterocycles. The lowest BCUT2D eigenvalue weighted by Crippen LogP contribution is -2.30. The van der Waals surface area contributed by atoms with Crippen LogP contribution in [0.5, 0.6) is 0 Å². The molecule has 8 heteroatoms. The fraction of sp³-hybridized carbons (Fsp3) is 0.263. The summed E-state index contributed by atoms with van der Waals surface area (Å²) in [4.78, 5) is 16.7. The molecule has 2 aromatic rings. The van der Waals surface area contributed by atoms with Crippen LogP contribution in [0.1, 0.15) is 36.0 Å². The Kier molecular flexibility index (Phi) is 6.13. The second-order valence-corrected chi connectivity index (χ2v) is 8.29. The van der Waals surface area contributed by atoms with Gasteiger partial charge in [0.25, 0.3) is 15.9 Å². The molecule has 0 atom stereocenters. The Morgan fingerprint density at radius 2 is 1.74 bits per heavy atom. The van der Waals surface area contributed by atoms with E-state index in [0.717, 1.165) is 19.3 Å². The summed E-state index contributed by atoms with van der Waals surface area (Å²) in [6, 6.07) is 12.7. The molecule has 0 radical (unpaired) electrons. The predicted octanol–water partition coefficient (Wildman–Crippen LogP) is 3.84. The smallest absolute Gasteiger partial charge is 0.262 e. The molecule has 0 fully saturated rings. The number of carbonyl (C=O) groups excluding carboxylic acids is 1. The van der Waals surface area contributed by atoms with Crippen molar-refractivity contribution in [1.82, 2.24) is 4.72 Å². The number of nitrogens with zero attached hydrogens (tertiary/aromatic N) is 1. The van der Waals surface area contributed by atoms with Gasteiger partial charge in [0.05, 0.1) is 15.5 Å². The van der Waals surface area contributed by atoms with Gasteiger partial charge in [0.15, 0.2) is 0 Å². The molecular formula is C19H20ClN3O3S. The van der Waals surface area contributed by atoms with Crippen molar-refractivity contribution in [3.63, 3.8) is 0 Å². The normalized spacial score (nSPS) is 14.8. The van der Waals surface area contributed by atoms with Crippen molar-refractivity contribution in [3.05, 3.63) is 59.1 Å². The predicted molar refractivity (Wildman–Crippen MR) is 107 cm³/mol. The summed E-state index contributed by atoms with van der Waals surface area (Å²) in [7, 11) is -3.69. The van der Waals surface area contributed by atoms with Crippen LogP contribution in [0.3, 0.4) is 0 Å². The van der Waals surface area contributed by atoms with E-state index in [2.05, 4.69) is 15.0 Å². The van der Waals surface area contributed by atoms with Gasteiger partial charge >= 0.3 is 0 Å². The molecule has 27 heavy (non-hydrogen) atoms. The summed E-state index contributed by atoms with van der Waals surface area (Å²) in [6.45, 7) is 0.644. The van der Waals surface area contributed by atoms with Crippen molar-refractivity contribution < 1.29 is 13.2 Å². The van der Waals surface area contributed by atoms with Crippen LogP contribution >= 0.6 is 11.6 Å². The maximum Gasteiger partial charge on any atom is 0.262 e. The molecule has 6 nitrogen and oxygen atoms in total. The van der Waals surface area contributed by atoms with Crippen molar-refractivity contribution in [2.45, 2.75) is 30.6 Å². The maximum atomic E-state index is 12.5. The number of nitrogens with one attached hydrogen (secondary N) is 2. The van der Waals surface area contributed by atoms with Crippen molar-refractivity contribution in [1.29, 1.82) is 0 Å². The summed E-state index contributed by atoms with van der Waals surface area (Å²) < 4.78 is 27.6. The number of sulfonamides is 1. The Bertz CT molecular complexity index is 956. The van der Waals surface area contributed by atoms with Crippen LogP contribution < -0.4 is 10.0 Å². The van der Waals surface area contributed by atoms with Gasteiger partial charge in [-0.2, -0.15) is 0 Å². The molecule has 0 unspecified atom stereocenters. The van der Waals surface area contributed by atoms with Gasteiger partial charge in [-0.3, -0.25) is 14.5 Å². The Hall–Kier alpha value is -2.38. The molecule has 1 heterocycles. The molecule has 1 amide bonds. The van der Waals surface area contributed by atoms with Gasteiger partial charge in [0, 0.05) is 18.7 Å². The Morgan fingerprint density at radius 3 is 2.48 bits per heavy atom. The average molecular weight is 406 g/mol. The van der Waals surface area contributed by atoms with Crippen molar-refractivity contribution in [3.8, 4) is 0 Å². The van der Waals surface area contributed by atoms with Gasteiger partial charge in [0.2, 0.25) is 0 Å². The third-order valence-electron chi connectivity index (χ3n) is 4.17. The first-order valence-electron chi connectivity index (χ1n) is 8.68. The lowest BCUT2D eigenvalue weighted by Gasteiger charge is -2.11. The summed E-state index contributed by atoms with van der Waals surface area (Å²) in [6.07, 6.45) is 3.58. The van der Waals surface area contributed by atoms with Crippen molar-refractivity contribution in [2.75, 3.05) is 11.9 Å². The largest absolute Gasteiger partial charge is 0.322 e. The highest BCUT2D eigenvalue weighted by molar-refractivity contribution is 7.90. The molecule has 142 valence electrons. The van der Waals surface area contributed by atoms with E-state index in [0.29, 0.717) is 35.1 Å². The van der Waals surface area contributed by atoms with E-state index < -0.39 is 10.0 Å². The summed E-state index contributed by atoms with van der Waals surface area (Å²) >= 11 is 6.01. The maximum absolute atomic E-state index is 12.5. The lowest BCUT2D eigenvalue weighted by molar-refractivity contribution is 0.102. The van der Waals surface area contributed by atoms with Crippen molar-refractivity contribution in [2.24, 2.45) is 4.99 Å². The monoisotopic (exact) mass is 405 g/mol. The van der Waals surface area contributed by atoms with Crippen LogP contribution in [0.4, 0.5) is 5.69 Å². The third kappa shape index (κ3) is 5.08. The van der Waals surface area contributed by atoms with Crippen LogP contribution in [0.2, 0.25) is 5.02 Å². The van der Waals surface area contributed by atoms with Gasteiger partial charge in [-0.1, -0.05) is 30.2 Å². The molecule has 0 saturated heterocycles. The van der Waals surface area contributed by atoms with Gasteiger partial charge in [0.1, 0.15) is 5.84 Å². The number of amidine groups is 1. The average Bonchev–Trinajstić information content (AvgIpc) is 2.90. The number of hydrogen-bond acceptors (Lipinski definition) is 4. The number of anilines is 1. The second-order valence-electron chi connectivity index (χ2n) is 6.20. The van der Waals surface area contributed by atoms with E-state index in [1.807, 2.05) is 0 Å². The number of hydrogen-bond donors (Lipinski definition) is 2. The van der Waals surface area contributed by atoms with Crippen LogP contribution in [0.15, 0.2) is 58.4 Å². The van der Waals surface area contributed by atoms with Crippen LogP contribution in [-0.4, -0.2) is 26.7 Å². The minimum absolute atomic E-state index is 0.116. The molecular weight excluding hydrogens is 386 g/mol. The number of rotatable bonds is 4. The van der Waals surface area contributed by atoms with Crippen LogP contribution in [0.25, 0.3) is 0 Å². The zero-order valence-electron chi connectivity index (χ0n) is 14.6. The van der Waals surface area contributed by atoms with Gasteiger partial charge in [-0.05, 0) is 49.2 Å². The highest BCUT2D eigenvalue weighted by atomic mass is 35.5. The third-order valence-corrected chi connectivity index (χ3v) is 5.89. The second kappa shape index (κ2) is 8.54. The minimum Gasteiger partial charge on any atom is -0.322 e. The lowest BCUT2D eigenvalue weighted by atomic mass is 10.2. The number of benzene rings is 2. The molecule has 1 aliphatic rings. The molecule has 3 rings (SSSR count). The molecule has 2 aromatic carbocycles. The van der Waals surface area contributed by atoms with Gasteiger partial charge in [-0.15, -0.1) is 0 Å². The van der Waals surface area contributed by atoms with E-state index in [1.165, 1.54) is 24.3 Å². The van der Waals surface area contributed by atoms with Crippen molar-refractivity contribution >= 4 is 39.1 Å². The minimum atomic E-state index is -3.69. The molecule has 1 aliphatic heterocycles. The first kappa shape index (κ1) is 19.4. The van der Waals surface area contributed by atoms with E-state index in [4.69, 9.17) is 11.6 Å². The Morgan fingerprint density at radius 1 is 1.00 bits per heavy atom. The molecule has 0 bridgehead atoms. The quantitative estimate of drug-likeness (QED) is 0.809. The molecule has 0 spiro atoms. The van der Waals surface area contributed by atoms with Crippen LogP contribution in [-0.2, 0) is 10.0 Å². The highest BCUT2D eigenvalue weighted by Gasteiger charge is 2.17. The van der Waals surface area contributed by atoms with E-state index in [9.17, 15) is 13.2 Å². The number of halogens is 1.